The number of hydrogen-bond donors (Lipinski definition) is 0. The Labute approximate surface area is 139 Å². The highest BCUT2D eigenvalue weighted by Crippen LogP contribution is 2.30. The Balaban J connectivity index is 1.58. The third kappa shape index (κ3) is 6.20. The van der Waals surface area contributed by atoms with E-state index >= 15 is 0 Å². The Morgan fingerprint density at radius 2 is 1.55 bits per heavy atom. The molecule has 0 N–H and O–H groups in total. The van der Waals surface area contributed by atoms with E-state index in [0.717, 1.165) is 30.3 Å². The maximum Gasteiger partial charge on any atom is 0.0575 e. The van der Waals surface area contributed by atoms with Gasteiger partial charge in [-0.3, -0.25) is 0 Å². The zero-order valence-electron chi connectivity index (χ0n) is 15.5. The van der Waals surface area contributed by atoms with Crippen LogP contribution in [0.25, 0.3) is 0 Å². The highest BCUT2D eigenvalue weighted by Gasteiger charge is 2.26. The smallest absolute Gasteiger partial charge is 0.0575 e. The van der Waals surface area contributed by atoms with E-state index in [1.165, 1.54) is 64.6 Å². The molecule has 0 unspecified atom stereocenters. The molecule has 0 aromatic rings. The average Bonchev–Trinajstić information content (AvgIpc) is 2.49. The highest BCUT2D eigenvalue weighted by atomic mass is 16.5. The van der Waals surface area contributed by atoms with E-state index in [-0.39, 0.29) is 0 Å². The van der Waals surface area contributed by atoms with Gasteiger partial charge in [-0.25, -0.2) is 0 Å². The summed E-state index contributed by atoms with van der Waals surface area (Å²) < 4.78 is 6.06. The molecule has 0 aromatic heterocycles. The molecule has 1 aliphatic heterocycles. The molecule has 0 atom stereocenters. The van der Waals surface area contributed by atoms with Gasteiger partial charge < -0.3 is 9.64 Å². The quantitative estimate of drug-likeness (QED) is 0.658. The minimum absolute atomic E-state index is 0.557. The zero-order valence-corrected chi connectivity index (χ0v) is 15.5. The second-order valence-corrected chi connectivity index (χ2v) is 8.58. The van der Waals surface area contributed by atoms with Gasteiger partial charge in [-0.1, -0.05) is 27.7 Å². The van der Waals surface area contributed by atoms with E-state index in [1.807, 2.05) is 0 Å². The number of rotatable bonds is 7. The van der Waals surface area contributed by atoms with Gasteiger partial charge >= 0.3 is 0 Å². The molecule has 0 radical (unpaired) electrons. The largest absolute Gasteiger partial charge is 0.378 e. The Bertz CT molecular complexity index is 286. The van der Waals surface area contributed by atoms with Crippen molar-refractivity contribution in [1.82, 2.24) is 4.90 Å². The first-order valence-electron chi connectivity index (χ1n) is 9.88. The molecule has 2 fully saturated rings. The van der Waals surface area contributed by atoms with Crippen molar-refractivity contribution in [1.29, 1.82) is 0 Å². The van der Waals surface area contributed by atoms with Crippen molar-refractivity contribution >= 4 is 0 Å². The maximum atomic E-state index is 6.06. The molecule has 1 aliphatic carbocycles. The van der Waals surface area contributed by atoms with Gasteiger partial charge in [-0.15, -0.1) is 0 Å². The average molecular weight is 310 g/mol. The molecular weight excluding hydrogens is 270 g/mol. The minimum atomic E-state index is 0.557. The predicted octanol–water partition coefficient (Wildman–Crippen LogP) is 4.98. The summed E-state index contributed by atoms with van der Waals surface area (Å²) in [5.74, 6) is 3.55. The van der Waals surface area contributed by atoms with Gasteiger partial charge in [-0.05, 0) is 81.7 Å². The van der Waals surface area contributed by atoms with Crippen molar-refractivity contribution in [2.45, 2.75) is 78.7 Å². The molecule has 2 aliphatic rings. The summed E-state index contributed by atoms with van der Waals surface area (Å²) >= 11 is 0. The zero-order chi connectivity index (χ0) is 15.9. The molecule has 2 rings (SSSR count). The molecular formula is C20H39NO. The third-order valence-corrected chi connectivity index (χ3v) is 5.93. The molecule has 2 heteroatoms. The number of hydrogen-bond acceptors (Lipinski definition) is 2. The van der Waals surface area contributed by atoms with Crippen molar-refractivity contribution in [3.8, 4) is 0 Å². The molecule has 0 bridgehead atoms. The van der Waals surface area contributed by atoms with Crippen LogP contribution in [0, 0.1) is 23.7 Å². The van der Waals surface area contributed by atoms with Gasteiger partial charge in [0, 0.05) is 13.2 Å². The lowest BCUT2D eigenvalue weighted by Crippen LogP contribution is -2.39. The molecule has 2 nitrogen and oxygen atoms in total. The van der Waals surface area contributed by atoms with E-state index < -0.39 is 0 Å². The predicted molar refractivity (Wildman–Crippen MR) is 95.2 cm³/mol. The van der Waals surface area contributed by atoms with Gasteiger partial charge in [0.1, 0.15) is 0 Å². The number of nitrogens with zero attached hydrogens (tertiary/aromatic N) is 1. The fraction of sp³-hybridized carbons (Fsp3) is 1.00. The van der Waals surface area contributed by atoms with Crippen LogP contribution < -0.4 is 0 Å². The molecule has 1 saturated heterocycles. The second-order valence-electron chi connectivity index (χ2n) is 8.58. The number of likely N-dealkylation sites (tertiary alicyclic amines) is 1. The first kappa shape index (κ1) is 18.3. The Morgan fingerprint density at radius 1 is 0.909 bits per heavy atom. The van der Waals surface area contributed by atoms with Crippen LogP contribution in [0.3, 0.4) is 0 Å². The third-order valence-electron chi connectivity index (χ3n) is 5.93. The van der Waals surface area contributed by atoms with Crippen molar-refractivity contribution in [3.05, 3.63) is 0 Å². The van der Waals surface area contributed by atoms with Gasteiger partial charge in [-0.2, -0.15) is 0 Å². The molecule has 0 aromatic carbocycles. The first-order chi connectivity index (χ1) is 10.5. The fourth-order valence-electron chi connectivity index (χ4n) is 4.12. The normalized spacial score (nSPS) is 28.6. The minimum Gasteiger partial charge on any atom is -0.378 e. The van der Waals surface area contributed by atoms with Crippen molar-refractivity contribution in [2.24, 2.45) is 23.7 Å². The second kappa shape index (κ2) is 9.27. The standard InChI is InChI=1S/C20H39NO/c1-16(2)11-14-22-20-7-5-18(6-8-20)15-21-12-9-19(10-13-21)17(3)4/h16-20H,5-15H2,1-4H3. The summed E-state index contributed by atoms with van der Waals surface area (Å²) in [7, 11) is 0. The summed E-state index contributed by atoms with van der Waals surface area (Å²) in [6, 6.07) is 0. The van der Waals surface area contributed by atoms with Crippen molar-refractivity contribution in [3.63, 3.8) is 0 Å². The van der Waals surface area contributed by atoms with Gasteiger partial charge in [0.05, 0.1) is 6.10 Å². The van der Waals surface area contributed by atoms with E-state index in [2.05, 4.69) is 32.6 Å². The molecule has 0 spiro atoms. The molecule has 1 saturated carbocycles. The maximum absolute atomic E-state index is 6.06. The Morgan fingerprint density at radius 3 is 2.09 bits per heavy atom. The highest BCUT2D eigenvalue weighted by molar-refractivity contribution is 4.79. The van der Waals surface area contributed by atoms with Gasteiger partial charge in [0.25, 0.3) is 0 Å². The van der Waals surface area contributed by atoms with Crippen LogP contribution in [0.4, 0.5) is 0 Å². The summed E-state index contributed by atoms with van der Waals surface area (Å²) in [6.07, 6.45) is 9.98. The van der Waals surface area contributed by atoms with Crippen LogP contribution in [-0.4, -0.2) is 37.2 Å². The van der Waals surface area contributed by atoms with Crippen LogP contribution in [0.5, 0.6) is 0 Å². The Kier molecular flexibility index (Phi) is 7.70. The van der Waals surface area contributed by atoms with Crippen LogP contribution in [0.15, 0.2) is 0 Å². The summed E-state index contributed by atoms with van der Waals surface area (Å²) in [4.78, 5) is 2.74. The van der Waals surface area contributed by atoms with Gasteiger partial charge in [0.2, 0.25) is 0 Å². The number of piperidine rings is 1. The van der Waals surface area contributed by atoms with E-state index in [9.17, 15) is 0 Å². The molecule has 1 heterocycles. The SMILES string of the molecule is CC(C)CCOC1CCC(CN2CCC(C(C)C)CC2)CC1. The molecule has 130 valence electrons. The van der Waals surface area contributed by atoms with Crippen molar-refractivity contribution in [2.75, 3.05) is 26.2 Å². The van der Waals surface area contributed by atoms with Crippen LogP contribution >= 0.6 is 0 Å². The van der Waals surface area contributed by atoms with E-state index in [1.54, 1.807) is 0 Å². The van der Waals surface area contributed by atoms with Gasteiger partial charge in [0.15, 0.2) is 0 Å². The summed E-state index contributed by atoms with van der Waals surface area (Å²) in [6.45, 7) is 14.3. The van der Waals surface area contributed by atoms with Crippen LogP contribution in [0.1, 0.15) is 72.6 Å². The summed E-state index contributed by atoms with van der Waals surface area (Å²) in [5, 5.41) is 0. The lowest BCUT2D eigenvalue weighted by molar-refractivity contribution is 0.00756. The lowest BCUT2D eigenvalue weighted by atomic mass is 9.84. The monoisotopic (exact) mass is 309 g/mol. The first-order valence-corrected chi connectivity index (χ1v) is 9.88. The van der Waals surface area contributed by atoms with Crippen LogP contribution in [0.2, 0.25) is 0 Å². The molecule has 22 heavy (non-hydrogen) atoms. The van der Waals surface area contributed by atoms with E-state index in [4.69, 9.17) is 4.74 Å². The van der Waals surface area contributed by atoms with E-state index in [0.29, 0.717) is 6.10 Å². The van der Waals surface area contributed by atoms with Crippen LogP contribution in [-0.2, 0) is 4.74 Å². The number of ether oxygens (including phenoxy) is 1. The Hall–Kier alpha value is -0.0800. The lowest BCUT2D eigenvalue weighted by Gasteiger charge is -2.37. The fourth-order valence-corrected chi connectivity index (χ4v) is 4.12. The van der Waals surface area contributed by atoms with Crippen molar-refractivity contribution < 1.29 is 4.74 Å². The molecule has 0 amide bonds. The summed E-state index contributed by atoms with van der Waals surface area (Å²) in [5.41, 5.74) is 0. The topological polar surface area (TPSA) is 12.5 Å².